The minimum Gasteiger partial charge on any atom is -0.355 e. The summed E-state index contributed by atoms with van der Waals surface area (Å²) in [6, 6.07) is 11.9. The van der Waals surface area contributed by atoms with E-state index in [1.165, 1.54) is 23.5 Å². The molecule has 0 saturated carbocycles. The highest BCUT2D eigenvalue weighted by molar-refractivity contribution is 7.91. The van der Waals surface area contributed by atoms with E-state index in [0.29, 0.717) is 26.2 Å². The summed E-state index contributed by atoms with van der Waals surface area (Å²) in [6.45, 7) is 3.99. The minimum absolute atomic E-state index is 0.0552. The molecule has 1 aliphatic rings. The largest absolute Gasteiger partial charge is 0.355 e. The number of benzene rings is 1. The number of sulfone groups is 1. The smallest absolute Gasteiger partial charge is 0.264 e. The van der Waals surface area contributed by atoms with Gasteiger partial charge in [0.1, 0.15) is 0 Å². The maximum absolute atomic E-state index is 12.3. The zero-order valence-electron chi connectivity index (χ0n) is 16.1. The van der Waals surface area contributed by atoms with Crippen LogP contribution in [0.3, 0.4) is 0 Å². The van der Waals surface area contributed by atoms with Crippen LogP contribution in [-0.2, 0) is 14.6 Å². The molecule has 0 atom stereocenters. The third-order valence-electron chi connectivity index (χ3n) is 4.84. The summed E-state index contributed by atoms with van der Waals surface area (Å²) in [5.74, 6) is -0.393. The highest BCUT2D eigenvalue weighted by Gasteiger charge is 2.22. The number of thiophene rings is 1. The van der Waals surface area contributed by atoms with Crippen LogP contribution < -0.4 is 5.32 Å². The van der Waals surface area contributed by atoms with E-state index in [2.05, 4.69) is 10.2 Å². The van der Waals surface area contributed by atoms with Gasteiger partial charge in [-0.15, -0.1) is 11.3 Å². The summed E-state index contributed by atoms with van der Waals surface area (Å²) in [7, 11) is -3.44. The molecule has 7 nitrogen and oxygen atoms in total. The molecule has 2 aromatic rings. The molecule has 1 aromatic carbocycles. The molecule has 2 heterocycles. The normalized spacial score (nSPS) is 15.2. The Hall–Kier alpha value is -2.23. The Bertz CT molecular complexity index is 906. The Morgan fingerprint density at radius 3 is 2.38 bits per heavy atom. The van der Waals surface area contributed by atoms with Crippen molar-refractivity contribution in [2.45, 2.75) is 11.3 Å². The molecule has 1 fully saturated rings. The SMILES string of the molecule is O=C(CCS(=O)(=O)c1ccccc1)NCCN1CCN(C(=O)c2cccs2)CC1. The summed E-state index contributed by atoms with van der Waals surface area (Å²) in [4.78, 5) is 29.4. The number of hydrogen-bond donors (Lipinski definition) is 1. The fourth-order valence-corrected chi connectivity index (χ4v) is 5.10. The van der Waals surface area contributed by atoms with E-state index in [1.54, 1.807) is 18.2 Å². The zero-order chi connectivity index (χ0) is 20.7. The van der Waals surface area contributed by atoms with E-state index >= 15 is 0 Å². The van der Waals surface area contributed by atoms with Crippen LogP contribution in [0.25, 0.3) is 0 Å². The first-order valence-electron chi connectivity index (χ1n) is 9.55. The highest BCUT2D eigenvalue weighted by atomic mass is 32.2. The Balaban J connectivity index is 1.33. The van der Waals surface area contributed by atoms with E-state index in [0.717, 1.165) is 18.0 Å². The van der Waals surface area contributed by atoms with Crippen LogP contribution in [0.5, 0.6) is 0 Å². The average Bonchev–Trinajstić information content (AvgIpc) is 3.28. The summed E-state index contributed by atoms with van der Waals surface area (Å²) in [6.07, 6.45) is -0.0552. The third-order valence-corrected chi connectivity index (χ3v) is 7.43. The summed E-state index contributed by atoms with van der Waals surface area (Å²) < 4.78 is 24.4. The molecule has 156 valence electrons. The molecule has 1 saturated heterocycles. The quantitative estimate of drug-likeness (QED) is 0.679. The van der Waals surface area contributed by atoms with Crippen molar-refractivity contribution in [3.8, 4) is 0 Å². The van der Waals surface area contributed by atoms with Crippen molar-refractivity contribution in [3.05, 3.63) is 52.7 Å². The maximum atomic E-state index is 12.3. The van der Waals surface area contributed by atoms with Crippen molar-refractivity contribution in [1.29, 1.82) is 0 Å². The Kier molecular flexibility index (Phi) is 7.40. The Morgan fingerprint density at radius 1 is 1.00 bits per heavy atom. The van der Waals surface area contributed by atoms with Crippen LogP contribution >= 0.6 is 11.3 Å². The van der Waals surface area contributed by atoms with Gasteiger partial charge in [0.05, 0.1) is 15.5 Å². The molecule has 3 rings (SSSR count). The van der Waals surface area contributed by atoms with Crippen molar-refractivity contribution < 1.29 is 18.0 Å². The zero-order valence-corrected chi connectivity index (χ0v) is 17.8. The third kappa shape index (κ3) is 6.12. The van der Waals surface area contributed by atoms with Gasteiger partial charge in [-0.1, -0.05) is 24.3 Å². The fraction of sp³-hybridized carbons (Fsp3) is 0.400. The van der Waals surface area contributed by atoms with Gasteiger partial charge in [0.2, 0.25) is 5.91 Å². The molecule has 1 aliphatic heterocycles. The van der Waals surface area contributed by atoms with Crippen LogP contribution in [0, 0.1) is 0 Å². The van der Waals surface area contributed by atoms with E-state index in [-0.39, 0.29) is 28.9 Å². The van der Waals surface area contributed by atoms with Crippen LogP contribution in [0.1, 0.15) is 16.1 Å². The second kappa shape index (κ2) is 10.00. The summed E-state index contributed by atoms with van der Waals surface area (Å²) in [5, 5.41) is 4.69. The van der Waals surface area contributed by atoms with Gasteiger partial charge in [-0.05, 0) is 23.6 Å². The molecular formula is C20H25N3O4S2. The topological polar surface area (TPSA) is 86.8 Å². The van der Waals surface area contributed by atoms with Gasteiger partial charge in [-0.25, -0.2) is 8.42 Å². The van der Waals surface area contributed by atoms with Crippen LogP contribution in [0.2, 0.25) is 0 Å². The van der Waals surface area contributed by atoms with Crippen molar-refractivity contribution in [3.63, 3.8) is 0 Å². The molecule has 0 spiro atoms. The lowest BCUT2D eigenvalue weighted by Crippen LogP contribution is -2.50. The molecule has 9 heteroatoms. The molecule has 29 heavy (non-hydrogen) atoms. The average molecular weight is 436 g/mol. The van der Waals surface area contributed by atoms with Gasteiger partial charge in [-0.3, -0.25) is 14.5 Å². The van der Waals surface area contributed by atoms with Gasteiger partial charge in [0, 0.05) is 45.7 Å². The Morgan fingerprint density at radius 2 is 1.72 bits per heavy atom. The molecule has 0 radical (unpaired) electrons. The van der Waals surface area contributed by atoms with Crippen molar-refractivity contribution in [2.75, 3.05) is 45.0 Å². The van der Waals surface area contributed by atoms with Crippen LogP contribution in [-0.4, -0.2) is 75.1 Å². The van der Waals surface area contributed by atoms with Crippen molar-refractivity contribution in [1.82, 2.24) is 15.1 Å². The first-order chi connectivity index (χ1) is 14.0. The number of carbonyl (C=O) groups excluding carboxylic acids is 2. The molecule has 0 bridgehead atoms. The summed E-state index contributed by atoms with van der Waals surface area (Å²) in [5.41, 5.74) is 0. The number of piperazine rings is 1. The van der Waals surface area contributed by atoms with Gasteiger partial charge in [0.25, 0.3) is 5.91 Å². The van der Waals surface area contributed by atoms with Crippen molar-refractivity contribution in [2.24, 2.45) is 0 Å². The number of amides is 2. The number of hydrogen-bond acceptors (Lipinski definition) is 6. The summed E-state index contributed by atoms with van der Waals surface area (Å²) >= 11 is 1.45. The van der Waals surface area contributed by atoms with E-state index in [9.17, 15) is 18.0 Å². The lowest BCUT2D eigenvalue weighted by atomic mass is 10.3. The number of carbonyl (C=O) groups is 2. The fourth-order valence-electron chi connectivity index (χ4n) is 3.15. The van der Waals surface area contributed by atoms with E-state index < -0.39 is 9.84 Å². The second-order valence-corrected chi connectivity index (χ2v) is 9.90. The van der Waals surface area contributed by atoms with E-state index in [1.807, 2.05) is 22.4 Å². The van der Waals surface area contributed by atoms with Gasteiger partial charge in [0.15, 0.2) is 9.84 Å². The molecular weight excluding hydrogens is 410 g/mol. The minimum atomic E-state index is -3.44. The molecule has 1 aromatic heterocycles. The Labute approximate surface area is 175 Å². The van der Waals surface area contributed by atoms with Gasteiger partial charge >= 0.3 is 0 Å². The first kappa shape index (κ1) is 21.5. The first-order valence-corrected chi connectivity index (χ1v) is 12.1. The number of rotatable bonds is 8. The molecule has 0 aliphatic carbocycles. The van der Waals surface area contributed by atoms with E-state index in [4.69, 9.17) is 0 Å². The monoisotopic (exact) mass is 435 g/mol. The standard InChI is InChI=1S/C20H25N3O4S2/c24-19(8-16-29(26,27)17-5-2-1-3-6-17)21-9-10-22-11-13-23(14-12-22)20(25)18-7-4-15-28-18/h1-7,15H,8-14,16H2,(H,21,24). The molecule has 1 N–H and O–H groups in total. The lowest BCUT2D eigenvalue weighted by molar-refractivity contribution is -0.120. The molecule has 2 amide bonds. The predicted molar refractivity (Wildman–Crippen MR) is 113 cm³/mol. The number of nitrogens with zero attached hydrogens (tertiary/aromatic N) is 2. The predicted octanol–water partition coefficient (Wildman–Crippen LogP) is 1.49. The lowest BCUT2D eigenvalue weighted by Gasteiger charge is -2.34. The highest BCUT2D eigenvalue weighted by Crippen LogP contribution is 2.14. The van der Waals surface area contributed by atoms with Gasteiger partial charge < -0.3 is 10.2 Å². The van der Waals surface area contributed by atoms with Crippen molar-refractivity contribution >= 4 is 33.0 Å². The van der Waals surface area contributed by atoms with Crippen LogP contribution in [0.15, 0.2) is 52.7 Å². The molecule has 0 unspecified atom stereocenters. The number of nitrogens with one attached hydrogen (secondary N) is 1. The second-order valence-electron chi connectivity index (χ2n) is 6.84. The van der Waals surface area contributed by atoms with Crippen LogP contribution in [0.4, 0.5) is 0 Å². The maximum Gasteiger partial charge on any atom is 0.264 e. The van der Waals surface area contributed by atoms with Gasteiger partial charge in [-0.2, -0.15) is 0 Å².